The van der Waals surface area contributed by atoms with E-state index in [9.17, 15) is 0 Å². The summed E-state index contributed by atoms with van der Waals surface area (Å²) in [6, 6.07) is 52.9. The van der Waals surface area contributed by atoms with Gasteiger partial charge in [0.05, 0.1) is 27.8 Å². The predicted molar refractivity (Wildman–Crippen MR) is 210 cm³/mol. The molecule has 0 bridgehead atoms. The Bertz CT molecular complexity index is 2780. The Kier molecular flexibility index (Phi) is 7.07. The number of rotatable bonds is 7. The third-order valence-electron chi connectivity index (χ3n) is 9.52. The predicted octanol–water partition coefficient (Wildman–Crippen LogP) is 11.6. The van der Waals surface area contributed by atoms with Gasteiger partial charge in [0, 0.05) is 50.3 Å². The third-order valence-corrected chi connectivity index (χ3v) is 9.52. The molecular weight excluding hydrogens is 609 g/mol. The van der Waals surface area contributed by atoms with Crippen LogP contribution in [0, 0.1) is 0 Å². The van der Waals surface area contributed by atoms with Crippen molar-refractivity contribution in [2.75, 3.05) is 0 Å². The molecule has 9 aromatic rings. The molecule has 236 valence electrons. The summed E-state index contributed by atoms with van der Waals surface area (Å²) in [6.07, 6.45) is 5.93. The van der Waals surface area contributed by atoms with Crippen LogP contribution in [0.25, 0.3) is 77.5 Å². The first-order valence-electron chi connectivity index (χ1n) is 16.7. The van der Waals surface area contributed by atoms with Crippen LogP contribution in [-0.2, 0) is 0 Å². The molecule has 0 saturated heterocycles. The molecule has 6 aromatic carbocycles. The Morgan fingerprint density at radius 1 is 0.540 bits per heavy atom. The first-order chi connectivity index (χ1) is 24.7. The van der Waals surface area contributed by atoms with Crippen molar-refractivity contribution in [1.82, 2.24) is 19.1 Å². The van der Waals surface area contributed by atoms with Gasteiger partial charge in [-0.15, -0.1) is 0 Å². The van der Waals surface area contributed by atoms with Gasteiger partial charge < -0.3 is 9.13 Å². The van der Waals surface area contributed by atoms with Crippen molar-refractivity contribution in [2.24, 2.45) is 0 Å². The summed E-state index contributed by atoms with van der Waals surface area (Å²) >= 11 is 0. The maximum absolute atomic E-state index is 5.28. The van der Waals surface area contributed by atoms with Crippen LogP contribution in [0.4, 0.5) is 0 Å². The summed E-state index contributed by atoms with van der Waals surface area (Å²) in [4.78, 5) is 10.4. The average Bonchev–Trinajstić information content (AvgIpc) is 3.77. The van der Waals surface area contributed by atoms with Gasteiger partial charge in [-0.05, 0) is 53.6 Å². The minimum absolute atomic E-state index is 0.648. The van der Waals surface area contributed by atoms with E-state index in [1.165, 1.54) is 16.2 Å². The zero-order chi connectivity index (χ0) is 33.6. The largest absolute Gasteiger partial charge is 0.315 e. The van der Waals surface area contributed by atoms with Crippen molar-refractivity contribution in [2.45, 2.75) is 0 Å². The number of nitrogens with zero attached hydrogens (tertiary/aromatic N) is 4. The number of para-hydroxylation sites is 3. The molecule has 4 nitrogen and oxygen atoms in total. The number of fused-ring (bicyclic) bond motifs is 6. The highest BCUT2D eigenvalue weighted by Crippen LogP contribution is 2.39. The Hall–Kier alpha value is -6.78. The monoisotopic (exact) mass is 640 g/mol. The van der Waals surface area contributed by atoms with Gasteiger partial charge in [0.2, 0.25) is 0 Å². The first kappa shape index (κ1) is 29.4. The molecule has 9 rings (SSSR count). The maximum Gasteiger partial charge on any atom is 0.160 e. The quantitative estimate of drug-likeness (QED) is 0.163. The highest BCUT2D eigenvalue weighted by Gasteiger charge is 2.19. The van der Waals surface area contributed by atoms with Crippen molar-refractivity contribution in [3.05, 3.63) is 194 Å². The van der Waals surface area contributed by atoms with Gasteiger partial charge in [-0.3, -0.25) is 0 Å². The SMILES string of the molecule is C=C/C(=C(\C=C)c1nc(-c2cccc(-n3c4ccccc4c4ccc5ccn(-c6ccccc6)c5c43)c2)nc2ccccc12)c1ccccc1. The molecule has 0 N–H and O–H groups in total. The van der Waals surface area contributed by atoms with Crippen LogP contribution in [-0.4, -0.2) is 19.1 Å². The second-order valence-corrected chi connectivity index (χ2v) is 12.3. The number of hydrogen-bond donors (Lipinski definition) is 0. The molecule has 0 radical (unpaired) electrons. The van der Waals surface area contributed by atoms with Crippen LogP contribution in [0.3, 0.4) is 0 Å². The fourth-order valence-corrected chi connectivity index (χ4v) is 7.28. The molecule has 4 heteroatoms. The van der Waals surface area contributed by atoms with E-state index in [-0.39, 0.29) is 0 Å². The number of allylic oxidation sites excluding steroid dienone is 4. The highest BCUT2D eigenvalue weighted by molar-refractivity contribution is 6.18. The van der Waals surface area contributed by atoms with Crippen molar-refractivity contribution in [3.8, 4) is 22.8 Å². The van der Waals surface area contributed by atoms with E-state index in [1.54, 1.807) is 0 Å². The van der Waals surface area contributed by atoms with Crippen LogP contribution >= 0.6 is 0 Å². The molecule has 3 aromatic heterocycles. The van der Waals surface area contributed by atoms with E-state index in [4.69, 9.17) is 9.97 Å². The molecule has 50 heavy (non-hydrogen) atoms. The fourth-order valence-electron chi connectivity index (χ4n) is 7.28. The van der Waals surface area contributed by atoms with Gasteiger partial charge in [0.15, 0.2) is 5.82 Å². The van der Waals surface area contributed by atoms with Crippen LogP contribution in [0.5, 0.6) is 0 Å². The van der Waals surface area contributed by atoms with Crippen molar-refractivity contribution in [3.63, 3.8) is 0 Å². The van der Waals surface area contributed by atoms with Crippen LogP contribution in [0.1, 0.15) is 11.3 Å². The Morgan fingerprint density at radius 2 is 1.24 bits per heavy atom. The Labute approximate surface area is 290 Å². The Morgan fingerprint density at radius 3 is 2.04 bits per heavy atom. The molecular formula is C46H32N4. The minimum atomic E-state index is 0.648. The summed E-state index contributed by atoms with van der Waals surface area (Å²) < 4.78 is 4.68. The topological polar surface area (TPSA) is 35.6 Å². The second-order valence-electron chi connectivity index (χ2n) is 12.3. The lowest BCUT2D eigenvalue weighted by molar-refractivity contribution is 1.11. The molecule has 3 heterocycles. The third kappa shape index (κ3) is 4.69. The summed E-state index contributed by atoms with van der Waals surface area (Å²) in [5.74, 6) is 0.648. The highest BCUT2D eigenvalue weighted by atomic mass is 15.0. The van der Waals surface area contributed by atoms with Crippen LogP contribution < -0.4 is 0 Å². The zero-order valence-corrected chi connectivity index (χ0v) is 27.4. The normalized spacial score (nSPS) is 12.1. The van der Waals surface area contributed by atoms with E-state index >= 15 is 0 Å². The molecule has 0 aliphatic heterocycles. The number of hydrogen-bond acceptors (Lipinski definition) is 2. The van der Waals surface area contributed by atoms with Crippen molar-refractivity contribution in [1.29, 1.82) is 0 Å². The summed E-state index contributed by atoms with van der Waals surface area (Å²) in [7, 11) is 0. The zero-order valence-electron chi connectivity index (χ0n) is 27.4. The van der Waals surface area contributed by atoms with Gasteiger partial charge in [-0.1, -0.05) is 135 Å². The van der Waals surface area contributed by atoms with E-state index in [0.717, 1.165) is 66.8 Å². The smallest absolute Gasteiger partial charge is 0.160 e. The van der Waals surface area contributed by atoms with Crippen LogP contribution in [0.2, 0.25) is 0 Å². The molecule has 0 amide bonds. The molecule has 0 spiro atoms. The van der Waals surface area contributed by atoms with Gasteiger partial charge >= 0.3 is 0 Å². The summed E-state index contributed by atoms with van der Waals surface area (Å²) in [5.41, 5.74) is 11.2. The van der Waals surface area contributed by atoms with Gasteiger partial charge in [0.25, 0.3) is 0 Å². The van der Waals surface area contributed by atoms with Gasteiger partial charge in [-0.2, -0.15) is 0 Å². The first-order valence-corrected chi connectivity index (χ1v) is 16.7. The molecule has 0 aliphatic carbocycles. The molecule has 0 saturated carbocycles. The van der Waals surface area contributed by atoms with Crippen LogP contribution in [0.15, 0.2) is 183 Å². The second kappa shape index (κ2) is 12.0. The Balaban J connectivity index is 1.30. The van der Waals surface area contributed by atoms with E-state index in [1.807, 2.05) is 48.6 Å². The van der Waals surface area contributed by atoms with Crippen molar-refractivity contribution < 1.29 is 0 Å². The van der Waals surface area contributed by atoms with Crippen molar-refractivity contribution >= 4 is 54.8 Å². The lowest BCUT2D eigenvalue weighted by Gasteiger charge is -2.15. The molecule has 0 atom stereocenters. The number of benzene rings is 6. The minimum Gasteiger partial charge on any atom is -0.315 e. The van der Waals surface area contributed by atoms with Gasteiger partial charge in [0.1, 0.15) is 0 Å². The average molecular weight is 641 g/mol. The summed E-state index contributed by atoms with van der Waals surface area (Å²) in [6.45, 7) is 8.40. The van der Waals surface area contributed by atoms with E-state index in [0.29, 0.717) is 5.82 Å². The van der Waals surface area contributed by atoms with E-state index in [2.05, 4.69) is 144 Å². The number of aromatic nitrogens is 4. The molecule has 0 unspecified atom stereocenters. The fraction of sp³-hybridized carbons (Fsp3) is 0. The van der Waals surface area contributed by atoms with E-state index < -0.39 is 0 Å². The molecule has 0 aliphatic rings. The lowest BCUT2D eigenvalue weighted by Crippen LogP contribution is -2.01. The molecule has 0 fully saturated rings. The summed E-state index contributed by atoms with van der Waals surface area (Å²) in [5, 5.41) is 4.56. The van der Waals surface area contributed by atoms with Gasteiger partial charge in [-0.25, -0.2) is 9.97 Å². The maximum atomic E-state index is 5.28. The lowest BCUT2D eigenvalue weighted by atomic mass is 9.95. The standard InChI is InChI=1S/C46H32N4/c1-3-36(31-16-7-5-8-17-31)37(4-2)43-40-23-11-13-24-41(40)47-46(48-43)33-18-15-21-35(30-33)50-42-25-14-12-22-38(42)39-27-26-32-28-29-49(44(32)45(39)50)34-19-9-6-10-20-34/h3-30H,1-2H2/b37-36-.